The lowest BCUT2D eigenvalue weighted by molar-refractivity contribution is -0.139. The van der Waals surface area contributed by atoms with Crippen LogP contribution in [0.5, 0.6) is 0 Å². The molecule has 2 fully saturated rings. The summed E-state index contributed by atoms with van der Waals surface area (Å²) in [6, 6.07) is 2.31. The van der Waals surface area contributed by atoms with Crippen LogP contribution < -0.4 is 5.32 Å². The minimum Gasteiger partial charge on any atom is -0.366 e. The number of hydrogen-bond acceptors (Lipinski definition) is 4. The lowest BCUT2D eigenvalue weighted by Gasteiger charge is -2.33. The summed E-state index contributed by atoms with van der Waals surface area (Å²) >= 11 is 0. The highest BCUT2D eigenvalue weighted by Gasteiger charge is 2.43. The fraction of sp³-hybridized carbons (Fsp3) is 0.846. The molecule has 18 heavy (non-hydrogen) atoms. The number of carbonyl (C=O) groups excluding carboxylic acids is 1. The summed E-state index contributed by atoms with van der Waals surface area (Å²) in [4.78, 5) is 14.3. The smallest absolute Gasteiger partial charge is 0.251 e. The number of morpholine rings is 1. The van der Waals surface area contributed by atoms with Gasteiger partial charge < -0.3 is 15.0 Å². The molecule has 1 amide bonds. The molecule has 1 heterocycles. The molecule has 0 radical (unpaired) electrons. The van der Waals surface area contributed by atoms with Crippen molar-refractivity contribution in [3.63, 3.8) is 0 Å². The standard InChI is InChI=1S/C13H21N3O2/c1-10-4-3-5-13(10,9-14)15-12(17)11-8-16(2)6-7-18-11/h10-11H,3-8H2,1-2H3,(H,15,17)/t10-,11-,13-/m1/s1. The second kappa shape index (κ2) is 5.25. The first-order chi connectivity index (χ1) is 8.57. The van der Waals surface area contributed by atoms with Crippen LogP contribution in [0.1, 0.15) is 26.2 Å². The van der Waals surface area contributed by atoms with Gasteiger partial charge in [-0.15, -0.1) is 0 Å². The van der Waals surface area contributed by atoms with Crippen molar-refractivity contribution in [2.45, 2.75) is 37.8 Å². The molecule has 1 aliphatic carbocycles. The van der Waals surface area contributed by atoms with Crippen LogP contribution in [-0.4, -0.2) is 49.2 Å². The first kappa shape index (κ1) is 13.3. The number of nitrogens with zero attached hydrogens (tertiary/aromatic N) is 2. The second-order valence-electron chi connectivity index (χ2n) is 5.49. The van der Waals surface area contributed by atoms with Gasteiger partial charge in [-0.2, -0.15) is 5.26 Å². The van der Waals surface area contributed by atoms with Gasteiger partial charge in [-0.05, 0) is 32.2 Å². The van der Waals surface area contributed by atoms with Crippen molar-refractivity contribution in [2.75, 3.05) is 26.7 Å². The topological polar surface area (TPSA) is 65.4 Å². The van der Waals surface area contributed by atoms with Crippen LogP contribution in [-0.2, 0) is 9.53 Å². The molecule has 0 bridgehead atoms. The maximum absolute atomic E-state index is 12.2. The molecule has 1 saturated heterocycles. The average Bonchev–Trinajstić information content (AvgIpc) is 2.71. The van der Waals surface area contributed by atoms with Gasteiger partial charge in [-0.1, -0.05) is 6.92 Å². The SMILES string of the molecule is C[C@@H]1CCC[C@]1(C#N)NC(=O)[C@H]1CN(C)CCO1. The van der Waals surface area contributed by atoms with Crippen molar-refractivity contribution in [1.29, 1.82) is 5.26 Å². The lowest BCUT2D eigenvalue weighted by atomic mass is 9.89. The zero-order valence-corrected chi connectivity index (χ0v) is 11.1. The fourth-order valence-electron chi connectivity index (χ4n) is 2.80. The minimum absolute atomic E-state index is 0.142. The Morgan fingerprint density at radius 2 is 2.39 bits per heavy atom. The molecule has 0 aromatic carbocycles. The highest BCUT2D eigenvalue weighted by molar-refractivity contribution is 5.82. The van der Waals surface area contributed by atoms with Gasteiger partial charge in [0, 0.05) is 13.1 Å². The molecule has 0 aromatic rings. The van der Waals surface area contributed by atoms with E-state index < -0.39 is 11.6 Å². The molecular weight excluding hydrogens is 230 g/mol. The predicted octanol–water partition coefficient (Wildman–Crippen LogP) is 0.516. The van der Waals surface area contributed by atoms with Gasteiger partial charge in [0.1, 0.15) is 11.6 Å². The predicted molar refractivity (Wildman–Crippen MR) is 66.7 cm³/mol. The van der Waals surface area contributed by atoms with E-state index in [0.717, 1.165) is 25.8 Å². The van der Waals surface area contributed by atoms with Gasteiger partial charge in [-0.3, -0.25) is 4.79 Å². The molecule has 1 aliphatic heterocycles. The molecule has 1 saturated carbocycles. The summed E-state index contributed by atoms with van der Waals surface area (Å²) in [5.41, 5.74) is -0.684. The molecule has 2 rings (SSSR count). The van der Waals surface area contributed by atoms with Gasteiger partial charge in [0.15, 0.2) is 0 Å². The number of amides is 1. The number of hydrogen-bond donors (Lipinski definition) is 1. The third-order valence-electron chi connectivity index (χ3n) is 4.16. The highest BCUT2D eigenvalue weighted by Crippen LogP contribution is 2.35. The molecule has 0 spiro atoms. The van der Waals surface area contributed by atoms with E-state index in [0.29, 0.717) is 13.2 Å². The lowest BCUT2D eigenvalue weighted by Crippen LogP contribution is -2.56. The normalized spacial score (nSPS) is 37.2. The van der Waals surface area contributed by atoms with Crippen LogP contribution in [0.15, 0.2) is 0 Å². The minimum atomic E-state index is -0.684. The Morgan fingerprint density at radius 1 is 1.61 bits per heavy atom. The molecule has 2 aliphatic rings. The number of nitrogens with one attached hydrogen (secondary N) is 1. The average molecular weight is 251 g/mol. The van der Waals surface area contributed by atoms with Crippen LogP contribution in [0.2, 0.25) is 0 Å². The van der Waals surface area contributed by atoms with E-state index in [2.05, 4.69) is 16.3 Å². The third kappa shape index (κ3) is 2.50. The van der Waals surface area contributed by atoms with Crippen LogP contribution in [0, 0.1) is 17.2 Å². The molecular formula is C13H21N3O2. The summed E-state index contributed by atoms with van der Waals surface area (Å²) in [5.74, 6) is 0.0737. The van der Waals surface area contributed by atoms with Crippen molar-refractivity contribution >= 4 is 5.91 Å². The van der Waals surface area contributed by atoms with E-state index in [1.807, 2.05) is 14.0 Å². The number of carbonyl (C=O) groups is 1. The Hall–Kier alpha value is -1.12. The van der Waals surface area contributed by atoms with Crippen molar-refractivity contribution in [2.24, 2.45) is 5.92 Å². The summed E-state index contributed by atoms with van der Waals surface area (Å²) in [6.45, 7) is 4.05. The van der Waals surface area contributed by atoms with Crippen LogP contribution in [0.25, 0.3) is 0 Å². The Kier molecular flexibility index (Phi) is 3.88. The Labute approximate surface area is 108 Å². The van der Waals surface area contributed by atoms with E-state index in [1.54, 1.807) is 0 Å². The zero-order chi connectivity index (χ0) is 13.2. The van der Waals surface area contributed by atoms with Gasteiger partial charge in [0.25, 0.3) is 5.91 Å². The summed E-state index contributed by atoms with van der Waals surface area (Å²) in [6.07, 6.45) is 2.31. The van der Waals surface area contributed by atoms with E-state index in [-0.39, 0.29) is 11.8 Å². The van der Waals surface area contributed by atoms with Crippen molar-refractivity contribution < 1.29 is 9.53 Å². The first-order valence-electron chi connectivity index (χ1n) is 6.61. The van der Waals surface area contributed by atoms with Crippen LogP contribution in [0.3, 0.4) is 0 Å². The Balaban J connectivity index is 2.00. The van der Waals surface area contributed by atoms with Gasteiger partial charge in [0.05, 0.1) is 12.7 Å². The van der Waals surface area contributed by atoms with Crippen LogP contribution in [0.4, 0.5) is 0 Å². The molecule has 3 atom stereocenters. The second-order valence-corrected chi connectivity index (χ2v) is 5.49. The van der Waals surface area contributed by atoms with Gasteiger partial charge in [-0.25, -0.2) is 0 Å². The maximum atomic E-state index is 12.2. The quantitative estimate of drug-likeness (QED) is 0.777. The molecule has 0 unspecified atom stereocenters. The van der Waals surface area contributed by atoms with E-state index >= 15 is 0 Å². The van der Waals surface area contributed by atoms with Crippen molar-refractivity contribution in [3.05, 3.63) is 0 Å². The molecule has 0 aromatic heterocycles. The third-order valence-corrected chi connectivity index (χ3v) is 4.16. The maximum Gasteiger partial charge on any atom is 0.251 e. The fourth-order valence-corrected chi connectivity index (χ4v) is 2.80. The van der Waals surface area contributed by atoms with Gasteiger partial charge >= 0.3 is 0 Å². The molecule has 5 nitrogen and oxygen atoms in total. The number of likely N-dealkylation sites (N-methyl/N-ethyl adjacent to an activating group) is 1. The van der Waals surface area contributed by atoms with E-state index in [1.165, 1.54) is 0 Å². The van der Waals surface area contributed by atoms with Gasteiger partial charge in [0.2, 0.25) is 0 Å². The van der Waals surface area contributed by atoms with E-state index in [4.69, 9.17) is 4.74 Å². The summed E-state index contributed by atoms with van der Waals surface area (Å²) < 4.78 is 5.48. The number of ether oxygens (including phenoxy) is 1. The molecule has 100 valence electrons. The van der Waals surface area contributed by atoms with E-state index in [9.17, 15) is 10.1 Å². The summed E-state index contributed by atoms with van der Waals surface area (Å²) in [7, 11) is 1.97. The molecule has 5 heteroatoms. The summed E-state index contributed by atoms with van der Waals surface area (Å²) in [5, 5.41) is 12.3. The largest absolute Gasteiger partial charge is 0.366 e. The van der Waals surface area contributed by atoms with Crippen LogP contribution >= 0.6 is 0 Å². The number of nitriles is 1. The first-order valence-corrected chi connectivity index (χ1v) is 6.61. The molecule has 1 N–H and O–H groups in total. The van der Waals surface area contributed by atoms with Crippen molar-refractivity contribution in [3.8, 4) is 6.07 Å². The Morgan fingerprint density at radius 3 is 2.94 bits per heavy atom. The highest BCUT2D eigenvalue weighted by atomic mass is 16.5. The van der Waals surface area contributed by atoms with Crippen molar-refractivity contribution in [1.82, 2.24) is 10.2 Å². The zero-order valence-electron chi connectivity index (χ0n) is 11.1. The Bertz CT molecular complexity index is 366. The monoisotopic (exact) mass is 251 g/mol. The number of rotatable bonds is 2.